The molecule has 3 rings (SSSR count). The molecule has 1 fully saturated rings. The third-order valence-electron chi connectivity index (χ3n) is 4.27. The fraction of sp³-hybridized carbons (Fsp3) is 0.250. The van der Waals surface area contributed by atoms with E-state index in [1.165, 1.54) is 0 Å². The molecule has 26 heavy (non-hydrogen) atoms. The lowest BCUT2D eigenvalue weighted by Gasteiger charge is -2.17. The first-order chi connectivity index (χ1) is 12.5. The van der Waals surface area contributed by atoms with E-state index in [9.17, 15) is 9.59 Å². The van der Waals surface area contributed by atoms with Gasteiger partial charge in [0.15, 0.2) is 0 Å². The number of primary amides is 1. The molecule has 6 heteroatoms. The van der Waals surface area contributed by atoms with Crippen molar-refractivity contribution in [1.82, 2.24) is 4.98 Å². The Kier molecular flexibility index (Phi) is 5.18. The monoisotopic (exact) mass is 349 g/mol. The van der Waals surface area contributed by atoms with E-state index in [1.54, 1.807) is 18.2 Å². The van der Waals surface area contributed by atoms with E-state index in [2.05, 4.69) is 16.8 Å². The number of aryl methyl sites for hydroxylation is 1. The molecule has 1 saturated heterocycles. The molecule has 0 saturated carbocycles. The van der Waals surface area contributed by atoms with Crippen LogP contribution in [0.25, 0.3) is 0 Å². The van der Waals surface area contributed by atoms with Crippen LogP contribution in [0.2, 0.25) is 0 Å². The summed E-state index contributed by atoms with van der Waals surface area (Å²) in [5.41, 5.74) is 7.13. The van der Waals surface area contributed by atoms with Crippen molar-refractivity contribution in [1.29, 1.82) is 0 Å². The number of nitrogens with two attached hydrogens (primary N) is 1. The zero-order chi connectivity index (χ0) is 18.5. The molecule has 1 aromatic heterocycles. The van der Waals surface area contributed by atoms with Gasteiger partial charge < -0.3 is 15.4 Å². The molecule has 0 bridgehead atoms. The highest BCUT2D eigenvalue weighted by Gasteiger charge is 2.27. The zero-order valence-corrected chi connectivity index (χ0v) is 14.4. The van der Waals surface area contributed by atoms with Crippen LogP contribution in [0.15, 0.2) is 42.5 Å². The first-order valence-electron chi connectivity index (χ1n) is 8.33. The summed E-state index contributed by atoms with van der Waals surface area (Å²) < 4.78 is 5.21. The van der Waals surface area contributed by atoms with Gasteiger partial charge in [0.2, 0.25) is 11.8 Å². The van der Waals surface area contributed by atoms with E-state index in [0.717, 1.165) is 11.1 Å². The van der Waals surface area contributed by atoms with Crippen molar-refractivity contribution in [3.8, 4) is 17.7 Å². The van der Waals surface area contributed by atoms with Gasteiger partial charge in [-0.15, -0.1) is 0 Å². The van der Waals surface area contributed by atoms with Crippen molar-refractivity contribution in [2.24, 2.45) is 11.7 Å². The van der Waals surface area contributed by atoms with Gasteiger partial charge in [-0.3, -0.25) is 4.79 Å². The lowest BCUT2D eigenvalue weighted by Crippen LogP contribution is -2.27. The Bertz CT molecular complexity index is 898. The predicted molar refractivity (Wildman–Crippen MR) is 97.4 cm³/mol. The van der Waals surface area contributed by atoms with E-state index in [-0.39, 0.29) is 17.7 Å². The van der Waals surface area contributed by atoms with Crippen molar-refractivity contribution in [3.05, 3.63) is 53.6 Å². The number of aromatic nitrogens is 1. The lowest BCUT2D eigenvalue weighted by atomic mass is 10.1. The van der Waals surface area contributed by atoms with Crippen molar-refractivity contribution in [3.63, 3.8) is 0 Å². The molecule has 0 spiro atoms. The van der Waals surface area contributed by atoms with E-state index in [0.29, 0.717) is 25.3 Å². The normalized spacial score (nSPS) is 15.9. The highest BCUT2D eigenvalue weighted by atomic mass is 16.5. The first-order valence-corrected chi connectivity index (χ1v) is 8.33. The molecule has 132 valence electrons. The van der Waals surface area contributed by atoms with Gasteiger partial charge in [-0.05, 0) is 31.0 Å². The van der Waals surface area contributed by atoms with Gasteiger partial charge in [0.25, 0.3) is 0 Å². The van der Waals surface area contributed by atoms with Gasteiger partial charge in [0, 0.05) is 30.6 Å². The van der Waals surface area contributed by atoms with Crippen LogP contribution in [0.4, 0.5) is 5.82 Å². The molecule has 2 aromatic rings. The van der Waals surface area contributed by atoms with Gasteiger partial charge in [0.1, 0.15) is 5.82 Å². The largest absolute Gasteiger partial charge is 0.398 e. The van der Waals surface area contributed by atoms with E-state index >= 15 is 0 Å². The summed E-state index contributed by atoms with van der Waals surface area (Å²) >= 11 is 0. The Hall–Kier alpha value is -3.33. The van der Waals surface area contributed by atoms with Crippen LogP contribution in [-0.2, 0) is 9.59 Å². The summed E-state index contributed by atoms with van der Waals surface area (Å²) in [6, 6.07) is 12.7. The fourth-order valence-corrected chi connectivity index (χ4v) is 2.79. The summed E-state index contributed by atoms with van der Waals surface area (Å²) in [6.45, 7) is 3.13. The Balaban J connectivity index is 1.67. The molecule has 1 amide bonds. The van der Waals surface area contributed by atoms with Crippen LogP contribution in [0, 0.1) is 24.7 Å². The minimum absolute atomic E-state index is 0.175. The maximum absolute atomic E-state index is 12.0. The maximum atomic E-state index is 12.0. The number of carbonyl (C=O) groups is 2. The second-order valence-electron chi connectivity index (χ2n) is 6.12. The Labute approximate surface area is 152 Å². The Morgan fingerprint density at radius 3 is 2.77 bits per heavy atom. The van der Waals surface area contributed by atoms with E-state index < -0.39 is 5.97 Å². The average molecular weight is 349 g/mol. The van der Waals surface area contributed by atoms with Crippen molar-refractivity contribution >= 4 is 17.7 Å². The minimum Gasteiger partial charge on any atom is -0.398 e. The third kappa shape index (κ3) is 4.19. The third-order valence-corrected chi connectivity index (χ3v) is 4.27. The lowest BCUT2D eigenvalue weighted by molar-refractivity contribution is -0.128. The average Bonchev–Trinajstić information content (AvgIpc) is 3.12. The molecule has 1 aliphatic heterocycles. The smallest absolute Gasteiger partial charge is 0.391 e. The van der Waals surface area contributed by atoms with Crippen LogP contribution < -0.4 is 15.4 Å². The molecule has 1 aromatic carbocycles. The van der Waals surface area contributed by atoms with Crippen molar-refractivity contribution < 1.29 is 14.3 Å². The van der Waals surface area contributed by atoms with Gasteiger partial charge >= 0.3 is 5.97 Å². The number of anilines is 1. The molecular formula is C20H19N3O3. The van der Waals surface area contributed by atoms with Gasteiger partial charge in [-0.1, -0.05) is 30.2 Å². The number of nitrogens with zero attached hydrogens (tertiary/aromatic N) is 2. The van der Waals surface area contributed by atoms with Crippen LogP contribution in [0.5, 0.6) is 5.88 Å². The number of rotatable bonds is 3. The van der Waals surface area contributed by atoms with Crippen molar-refractivity contribution in [2.45, 2.75) is 13.3 Å². The zero-order valence-electron chi connectivity index (χ0n) is 14.4. The number of carbonyl (C=O) groups excluding carboxylic acids is 2. The molecule has 0 aliphatic carbocycles. The summed E-state index contributed by atoms with van der Waals surface area (Å²) in [5.74, 6) is 4.95. The number of ether oxygens (including phenoxy) is 1. The molecule has 0 radical (unpaired) electrons. The number of amides is 1. The fourth-order valence-electron chi connectivity index (χ4n) is 2.79. The first kappa shape index (κ1) is 17.5. The number of hydrogen-bond acceptors (Lipinski definition) is 5. The Morgan fingerprint density at radius 2 is 2.04 bits per heavy atom. The topological polar surface area (TPSA) is 85.5 Å². The SMILES string of the molecule is Cc1ccccc1C#CC(=O)Oc1cccc(N2CCC(C(N)=O)C2)n1. The number of esters is 1. The maximum Gasteiger partial charge on any atom is 0.391 e. The molecule has 1 aliphatic rings. The highest BCUT2D eigenvalue weighted by molar-refractivity contribution is 5.90. The summed E-state index contributed by atoms with van der Waals surface area (Å²) in [6.07, 6.45) is 0.697. The molecule has 6 nitrogen and oxygen atoms in total. The van der Waals surface area contributed by atoms with Gasteiger partial charge in [-0.2, -0.15) is 4.98 Å². The molecule has 2 N–H and O–H groups in total. The van der Waals surface area contributed by atoms with Crippen LogP contribution in [0.3, 0.4) is 0 Å². The van der Waals surface area contributed by atoms with Gasteiger partial charge in [-0.25, -0.2) is 4.79 Å². The van der Waals surface area contributed by atoms with E-state index in [1.807, 2.05) is 36.1 Å². The van der Waals surface area contributed by atoms with Gasteiger partial charge in [0.05, 0.1) is 5.92 Å². The molecule has 2 heterocycles. The van der Waals surface area contributed by atoms with Crippen molar-refractivity contribution in [2.75, 3.05) is 18.0 Å². The van der Waals surface area contributed by atoms with Crippen LogP contribution >= 0.6 is 0 Å². The predicted octanol–water partition coefficient (Wildman–Crippen LogP) is 1.66. The quantitative estimate of drug-likeness (QED) is 0.673. The number of hydrogen-bond donors (Lipinski definition) is 1. The second-order valence-corrected chi connectivity index (χ2v) is 6.12. The second kappa shape index (κ2) is 7.70. The summed E-state index contributed by atoms with van der Waals surface area (Å²) in [4.78, 5) is 29.5. The highest BCUT2D eigenvalue weighted by Crippen LogP contribution is 2.23. The summed E-state index contributed by atoms with van der Waals surface area (Å²) in [7, 11) is 0. The van der Waals surface area contributed by atoms with Crippen LogP contribution in [-0.4, -0.2) is 29.9 Å². The molecule has 1 unspecified atom stereocenters. The van der Waals surface area contributed by atoms with Crippen LogP contribution in [0.1, 0.15) is 17.5 Å². The standard InChI is InChI=1S/C20H19N3O3/c1-14-5-2-3-6-15(14)9-10-19(24)26-18-8-4-7-17(22-18)23-12-11-16(13-23)20(21)25/h2-8,16H,11-13H2,1H3,(H2,21,25). The number of benzene rings is 1. The molecule has 1 atom stereocenters. The van der Waals surface area contributed by atoms with E-state index in [4.69, 9.17) is 10.5 Å². The Morgan fingerprint density at radius 1 is 1.23 bits per heavy atom. The minimum atomic E-state index is -0.672. The summed E-state index contributed by atoms with van der Waals surface area (Å²) in [5, 5.41) is 0. The molecular weight excluding hydrogens is 330 g/mol. The number of pyridine rings is 1.